The van der Waals surface area contributed by atoms with Crippen LogP contribution in [0.25, 0.3) is 0 Å². The Morgan fingerprint density at radius 2 is 1.74 bits per heavy atom. The number of hydrogen-bond donors (Lipinski definition) is 0. The summed E-state index contributed by atoms with van der Waals surface area (Å²) in [6.45, 7) is 4.19. The number of rotatable bonds is 4. The molecule has 2 nitrogen and oxygen atoms in total. The first-order valence-corrected chi connectivity index (χ1v) is 7.25. The zero-order chi connectivity index (χ0) is 14.0. The van der Waals surface area contributed by atoms with Crippen LogP contribution in [0.4, 0.5) is 0 Å². The van der Waals surface area contributed by atoms with Crippen LogP contribution in [0.5, 0.6) is 11.5 Å². The van der Waals surface area contributed by atoms with Gasteiger partial charge in [-0.25, -0.2) is 0 Å². The van der Waals surface area contributed by atoms with Crippen molar-refractivity contribution in [1.29, 1.82) is 0 Å². The van der Waals surface area contributed by atoms with Gasteiger partial charge in [0.25, 0.3) is 0 Å². The molecule has 2 rings (SSSR count). The predicted molar refractivity (Wildman–Crippen MR) is 81.0 cm³/mol. The third-order valence-electron chi connectivity index (χ3n) is 3.01. The molecule has 1 unspecified atom stereocenters. The minimum atomic E-state index is -0.154. The summed E-state index contributed by atoms with van der Waals surface area (Å²) in [6, 6.07) is 7.97. The molecule has 0 bridgehead atoms. The largest absolute Gasteiger partial charge is 0.493 e. The van der Waals surface area contributed by atoms with Crippen LogP contribution in [-0.4, -0.2) is 14.2 Å². The van der Waals surface area contributed by atoms with Crippen LogP contribution in [0.15, 0.2) is 24.3 Å². The molecule has 19 heavy (non-hydrogen) atoms. The molecule has 4 heteroatoms. The first-order chi connectivity index (χ1) is 9.06. The van der Waals surface area contributed by atoms with Gasteiger partial charge in [0.1, 0.15) is 0 Å². The topological polar surface area (TPSA) is 18.5 Å². The van der Waals surface area contributed by atoms with E-state index in [1.54, 1.807) is 25.6 Å². The Labute approximate surface area is 122 Å². The molecule has 0 aliphatic heterocycles. The molecule has 0 aliphatic rings. The van der Waals surface area contributed by atoms with Gasteiger partial charge in [0, 0.05) is 9.75 Å². The molecule has 1 atom stereocenters. The molecule has 0 N–H and O–H groups in total. The second-order valence-corrected chi connectivity index (χ2v) is 6.11. The van der Waals surface area contributed by atoms with Gasteiger partial charge in [-0.2, -0.15) is 0 Å². The molecule has 0 radical (unpaired) electrons. The Kier molecular flexibility index (Phi) is 4.38. The lowest BCUT2D eigenvalue weighted by Gasteiger charge is -2.13. The van der Waals surface area contributed by atoms with Gasteiger partial charge in [-0.15, -0.1) is 22.9 Å². The van der Waals surface area contributed by atoms with Crippen molar-refractivity contribution in [2.75, 3.05) is 14.2 Å². The van der Waals surface area contributed by atoms with Gasteiger partial charge in [0.05, 0.1) is 19.6 Å². The number of hydrogen-bond acceptors (Lipinski definition) is 3. The van der Waals surface area contributed by atoms with Gasteiger partial charge in [-0.1, -0.05) is 6.07 Å². The normalized spacial score (nSPS) is 12.3. The fourth-order valence-corrected chi connectivity index (χ4v) is 3.56. The number of halogens is 1. The summed E-state index contributed by atoms with van der Waals surface area (Å²) >= 11 is 8.33. The zero-order valence-electron chi connectivity index (χ0n) is 11.5. The Morgan fingerprint density at radius 3 is 2.26 bits per heavy atom. The lowest BCUT2D eigenvalue weighted by atomic mass is 10.1. The third-order valence-corrected chi connectivity index (χ3v) is 4.83. The predicted octanol–water partition coefficient (Wildman–Crippen LogP) is 4.71. The van der Waals surface area contributed by atoms with E-state index in [1.165, 1.54) is 15.3 Å². The van der Waals surface area contributed by atoms with Crippen molar-refractivity contribution < 1.29 is 9.47 Å². The molecule has 1 heterocycles. The molecule has 1 aromatic heterocycles. The van der Waals surface area contributed by atoms with E-state index < -0.39 is 0 Å². The fraction of sp³-hybridized carbons (Fsp3) is 0.333. The molecule has 102 valence electrons. The summed E-state index contributed by atoms with van der Waals surface area (Å²) in [5, 5.41) is -0.154. The van der Waals surface area contributed by atoms with Gasteiger partial charge in [-0.3, -0.25) is 0 Å². The van der Waals surface area contributed by atoms with Crippen LogP contribution < -0.4 is 9.47 Å². The van der Waals surface area contributed by atoms with Crippen LogP contribution in [0.2, 0.25) is 0 Å². The van der Waals surface area contributed by atoms with E-state index in [2.05, 4.69) is 19.9 Å². The molecule has 0 fully saturated rings. The minimum Gasteiger partial charge on any atom is -0.493 e. The van der Waals surface area contributed by atoms with Crippen molar-refractivity contribution in [3.63, 3.8) is 0 Å². The Hall–Kier alpha value is -1.19. The number of thiophene rings is 1. The van der Waals surface area contributed by atoms with Crippen molar-refractivity contribution >= 4 is 22.9 Å². The number of methoxy groups -OCH3 is 2. The number of alkyl halides is 1. The van der Waals surface area contributed by atoms with E-state index in [4.69, 9.17) is 21.1 Å². The van der Waals surface area contributed by atoms with E-state index in [-0.39, 0.29) is 5.38 Å². The lowest BCUT2D eigenvalue weighted by Crippen LogP contribution is -1.96. The van der Waals surface area contributed by atoms with Crippen LogP contribution in [0, 0.1) is 13.8 Å². The Bertz CT molecular complexity index is 578. The molecule has 2 aromatic rings. The SMILES string of the molecule is COc1ccc(C(Cl)c2sc(C)cc2C)cc1OC. The summed E-state index contributed by atoms with van der Waals surface area (Å²) in [6.07, 6.45) is 0. The first kappa shape index (κ1) is 14.2. The zero-order valence-corrected chi connectivity index (χ0v) is 13.1. The lowest BCUT2D eigenvalue weighted by molar-refractivity contribution is 0.354. The summed E-state index contributed by atoms with van der Waals surface area (Å²) < 4.78 is 10.6. The number of benzene rings is 1. The highest BCUT2D eigenvalue weighted by Crippen LogP contribution is 2.39. The highest BCUT2D eigenvalue weighted by atomic mass is 35.5. The van der Waals surface area contributed by atoms with Crippen LogP contribution in [-0.2, 0) is 0 Å². The average Bonchev–Trinajstić information content (AvgIpc) is 2.76. The van der Waals surface area contributed by atoms with Gasteiger partial charge >= 0.3 is 0 Å². The van der Waals surface area contributed by atoms with E-state index in [1.807, 2.05) is 18.2 Å². The summed E-state index contributed by atoms with van der Waals surface area (Å²) in [5.74, 6) is 1.42. The summed E-state index contributed by atoms with van der Waals surface area (Å²) in [7, 11) is 3.26. The maximum atomic E-state index is 6.59. The molecular formula is C15H17ClO2S. The first-order valence-electron chi connectivity index (χ1n) is 5.99. The van der Waals surface area contributed by atoms with E-state index in [0.717, 1.165) is 5.56 Å². The summed E-state index contributed by atoms with van der Waals surface area (Å²) in [4.78, 5) is 2.46. The van der Waals surface area contributed by atoms with Gasteiger partial charge in [-0.05, 0) is 43.2 Å². The number of ether oxygens (including phenoxy) is 2. The van der Waals surface area contributed by atoms with E-state index in [9.17, 15) is 0 Å². The maximum absolute atomic E-state index is 6.59. The molecule has 0 amide bonds. The van der Waals surface area contributed by atoms with Crippen molar-refractivity contribution in [3.05, 3.63) is 45.1 Å². The molecule has 0 aliphatic carbocycles. The quantitative estimate of drug-likeness (QED) is 0.761. The maximum Gasteiger partial charge on any atom is 0.161 e. The van der Waals surface area contributed by atoms with Crippen LogP contribution >= 0.6 is 22.9 Å². The highest BCUT2D eigenvalue weighted by molar-refractivity contribution is 7.12. The Balaban J connectivity index is 2.39. The molecule has 0 spiro atoms. The fourth-order valence-electron chi connectivity index (χ4n) is 2.07. The standard InChI is InChI=1S/C15H17ClO2S/c1-9-7-10(2)19-15(9)14(16)11-5-6-12(17-3)13(8-11)18-4/h5-8,14H,1-4H3. The van der Waals surface area contributed by atoms with Gasteiger partial charge in [0.15, 0.2) is 11.5 Å². The van der Waals surface area contributed by atoms with Gasteiger partial charge in [0.2, 0.25) is 0 Å². The van der Waals surface area contributed by atoms with Crippen molar-refractivity contribution in [1.82, 2.24) is 0 Å². The molecule has 0 saturated carbocycles. The van der Waals surface area contributed by atoms with Crippen molar-refractivity contribution in [2.45, 2.75) is 19.2 Å². The second-order valence-electron chi connectivity index (χ2n) is 4.38. The van der Waals surface area contributed by atoms with E-state index >= 15 is 0 Å². The monoisotopic (exact) mass is 296 g/mol. The van der Waals surface area contributed by atoms with Crippen molar-refractivity contribution in [2.24, 2.45) is 0 Å². The van der Waals surface area contributed by atoms with Crippen LogP contribution in [0.1, 0.15) is 26.3 Å². The number of aryl methyl sites for hydroxylation is 2. The average molecular weight is 297 g/mol. The molecule has 1 aromatic carbocycles. The molecule has 0 saturated heterocycles. The molecular weight excluding hydrogens is 280 g/mol. The third kappa shape index (κ3) is 2.88. The van der Waals surface area contributed by atoms with Crippen LogP contribution in [0.3, 0.4) is 0 Å². The van der Waals surface area contributed by atoms with E-state index in [0.29, 0.717) is 11.5 Å². The van der Waals surface area contributed by atoms with Crippen molar-refractivity contribution in [3.8, 4) is 11.5 Å². The summed E-state index contributed by atoms with van der Waals surface area (Å²) in [5.41, 5.74) is 2.25. The van der Waals surface area contributed by atoms with Gasteiger partial charge < -0.3 is 9.47 Å². The minimum absolute atomic E-state index is 0.154. The second kappa shape index (κ2) is 5.85. The Morgan fingerprint density at radius 1 is 1.05 bits per heavy atom. The highest BCUT2D eigenvalue weighted by Gasteiger charge is 2.17. The smallest absolute Gasteiger partial charge is 0.161 e.